The van der Waals surface area contributed by atoms with E-state index in [0.29, 0.717) is 23.2 Å². The van der Waals surface area contributed by atoms with Crippen LogP contribution >= 0.6 is 0 Å². The molecule has 0 fully saturated rings. The maximum absolute atomic E-state index is 13.4. The fraction of sp³-hybridized carbons (Fsp3) is 0.167. The second kappa shape index (κ2) is 10.2. The Morgan fingerprint density at radius 2 is 1.85 bits per heavy atom. The number of furan rings is 1. The van der Waals surface area contributed by atoms with E-state index in [0.717, 1.165) is 46.3 Å². The molecule has 198 valence electrons. The van der Waals surface area contributed by atoms with Crippen molar-refractivity contribution >= 4 is 22.5 Å². The number of aromatic nitrogens is 2. The van der Waals surface area contributed by atoms with Crippen molar-refractivity contribution in [2.24, 2.45) is 7.05 Å². The first kappa shape index (κ1) is 26.0. The number of nitrogens with one attached hydrogen (secondary N) is 1. The standard InChI is InChI=1S/C30H24F3N3O3/c1-18-6-8-24(35-28(37)20-4-3-5-22(12-20)30(31,32)33)14-25(18)26-13-21-16-34-23(9-7-19-10-11-39-17-19)15-27(21)36(2)29(26)38/h3-6,8,10-17H,7,9H2,1-2H3,(H,35,37). The van der Waals surface area contributed by atoms with E-state index < -0.39 is 17.6 Å². The molecule has 5 aromatic rings. The van der Waals surface area contributed by atoms with Crippen molar-refractivity contribution < 1.29 is 22.4 Å². The molecule has 0 bridgehead atoms. The van der Waals surface area contributed by atoms with Crippen molar-refractivity contribution in [1.82, 2.24) is 9.55 Å². The Hall–Kier alpha value is -4.66. The van der Waals surface area contributed by atoms with Gasteiger partial charge >= 0.3 is 6.18 Å². The second-order valence-corrected chi connectivity index (χ2v) is 9.35. The largest absolute Gasteiger partial charge is 0.472 e. The lowest BCUT2D eigenvalue weighted by molar-refractivity contribution is -0.137. The number of pyridine rings is 2. The third kappa shape index (κ3) is 5.47. The van der Waals surface area contributed by atoms with Crippen LogP contribution in [0, 0.1) is 6.92 Å². The molecule has 0 unspecified atom stereocenters. The average Bonchev–Trinajstić information content (AvgIpc) is 3.44. The zero-order valence-corrected chi connectivity index (χ0v) is 21.2. The Bertz CT molecular complexity index is 1740. The number of fused-ring (bicyclic) bond motifs is 1. The molecule has 0 spiro atoms. The highest BCUT2D eigenvalue weighted by atomic mass is 19.4. The van der Waals surface area contributed by atoms with Gasteiger partial charge in [-0.3, -0.25) is 14.6 Å². The first-order valence-corrected chi connectivity index (χ1v) is 12.2. The Morgan fingerprint density at radius 1 is 1.03 bits per heavy atom. The first-order chi connectivity index (χ1) is 18.6. The van der Waals surface area contributed by atoms with Crippen LogP contribution in [0.3, 0.4) is 0 Å². The van der Waals surface area contributed by atoms with E-state index in [1.165, 1.54) is 12.1 Å². The SMILES string of the molecule is Cc1ccc(NC(=O)c2cccc(C(F)(F)F)c2)cc1-c1cc2cnc(CCc3ccoc3)cc2n(C)c1=O. The van der Waals surface area contributed by atoms with Crippen LogP contribution in [0.25, 0.3) is 22.0 Å². The van der Waals surface area contributed by atoms with Crippen molar-refractivity contribution in [3.63, 3.8) is 0 Å². The van der Waals surface area contributed by atoms with Crippen LogP contribution in [0.4, 0.5) is 18.9 Å². The molecule has 1 amide bonds. The van der Waals surface area contributed by atoms with Gasteiger partial charge in [0.15, 0.2) is 0 Å². The predicted molar refractivity (Wildman–Crippen MR) is 143 cm³/mol. The third-order valence-corrected chi connectivity index (χ3v) is 6.65. The summed E-state index contributed by atoms with van der Waals surface area (Å²) in [5.74, 6) is -0.686. The van der Waals surface area contributed by atoms with E-state index in [1.54, 1.807) is 54.6 Å². The van der Waals surface area contributed by atoms with Crippen LogP contribution < -0.4 is 10.9 Å². The first-order valence-electron chi connectivity index (χ1n) is 12.2. The molecule has 0 aliphatic heterocycles. The number of halogens is 3. The Morgan fingerprint density at radius 3 is 2.59 bits per heavy atom. The van der Waals surface area contributed by atoms with Crippen LogP contribution in [-0.4, -0.2) is 15.5 Å². The highest BCUT2D eigenvalue weighted by molar-refractivity contribution is 6.04. The summed E-state index contributed by atoms with van der Waals surface area (Å²) in [4.78, 5) is 30.7. The Kier molecular flexibility index (Phi) is 6.82. The lowest BCUT2D eigenvalue weighted by Gasteiger charge is -2.14. The number of hydrogen-bond donors (Lipinski definition) is 1. The smallest absolute Gasteiger partial charge is 0.416 e. The summed E-state index contributed by atoms with van der Waals surface area (Å²) < 4.78 is 45.9. The van der Waals surface area contributed by atoms with E-state index in [4.69, 9.17) is 4.42 Å². The number of aryl methyl sites for hydroxylation is 4. The number of rotatable bonds is 6. The van der Waals surface area contributed by atoms with E-state index in [2.05, 4.69) is 10.3 Å². The van der Waals surface area contributed by atoms with Gasteiger partial charge in [-0.25, -0.2) is 0 Å². The van der Waals surface area contributed by atoms with Gasteiger partial charge in [0.1, 0.15) is 0 Å². The minimum Gasteiger partial charge on any atom is -0.472 e. The number of carbonyl (C=O) groups excluding carboxylic acids is 1. The van der Waals surface area contributed by atoms with Crippen LogP contribution in [0.15, 0.2) is 88.6 Å². The van der Waals surface area contributed by atoms with Gasteiger partial charge in [-0.1, -0.05) is 12.1 Å². The highest BCUT2D eigenvalue weighted by Gasteiger charge is 2.31. The minimum atomic E-state index is -4.56. The van der Waals surface area contributed by atoms with E-state index in [9.17, 15) is 22.8 Å². The molecule has 0 saturated carbocycles. The van der Waals surface area contributed by atoms with Gasteiger partial charge in [0, 0.05) is 41.1 Å². The number of alkyl halides is 3. The minimum absolute atomic E-state index is 0.122. The van der Waals surface area contributed by atoms with Crippen molar-refractivity contribution in [1.29, 1.82) is 0 Å². The summed E-state index contributed by atoms with van der Waals surface area (Å²) in [5.41, 5.74) is 3.58. The molecule has 0 aliphatic carbocycles. The number of amides is 1. The molecule has 1 N–H and O–H groups in total. The van der Waals surface area contributed by atoms with E-state index in [1.807, 2.05) is 19.1 Å². The molecule has 3 heterocycles. The van der Waals surface area contributed by atoms with Gasteiger partial charge < -0.3 is 14.3 Å². The molecular weight excluding hydrogens is 507 g/mol. The number of hydrogen-bond acceptors (Lipinski definition) is 4. The van der Waals surface area contributed by atoms with Crippen molar-refractivity contribution in [2.45, 2.75) is 25.9 Å². The summed E-state index contributed by atoms with van der Waals surface area (Å²) in [6.45, 7) is 1.84. The third-order valence-electron chi connectivity index (χ3n) is 6.65. The zero-order chi connectivity index (χ0) is 27.7. The number of anilines is 1. The van der Waals surface area contributed by atoms with Gasteiger partial charge in [0.05, 0.1) is 23.6 Å². The predicted octanol–water partition coefficient (Wildman–Crippen LogP) is 6.56. The van der Waals surface area contributed by atoms with Crippen LogP contribution in [-0.2, 0) is 26.1 Å². The van der Waals surface area contributed by atoms with Crippen molar-refractivity contribution in [2.75, 3.05) is 5.32 Å². The fourth-order valence-electron chi connectivity index (χ4n) is 4.47. The molecule has 0 saturated heterocycles. The summed E-state index contributed by atoms with van der Waals surface area (Å²) in [6.07, 6.45) is 1.96. The maximum atomic E-state index is 13.4. The number of benzene rings is 2. The van der Waals surface area contributed by atoms with Gasteiger partial charge in [-0.2, -0.15) is 13.2 Å². The summed E-state index contributed by atoms with van der Waals surface area (Å²) in [7, 11) is 1.70. The van der Waals surface area contributed by atoms with Crippen LogP contribution in [0.5, 0.6) is 0 Å². The molecule has 39 heavy (non-hydrogen) atoms. The van der Waals surface area contributed by atoms with Gasteiger partial charge in [-0.05, 0) is 85.0 Å². The van der Waals surface area contributed by atoms with Crippen molar-refractivity contribution in [3.8, 4) is 11.1 Å². The van der Waals surface area contributed by atoms with E-state index >= 15 is 0 Å². The summed E-state index contributed by atoms with van der Waals surface area (Å²) in [5, 5.41) is 3.42. The molecule has 0 atom stereocenters. The summed E-state index contributed by atoms with van der Waals surface area (Å²) >= 11 is 0. The lowest BCUT2D eigenvalue weighted by Crippen LogP contribution is -2.20. The lowest BCUT2D eigenvalue weighted by atomic mass is 9.99. The van der Waals surface area contributed by atoms with E-state index in [-0.39, 0.29) is 11.1 Å². The number of nitrogens with zero attached hydrogens (tertiary/aromatic N) is 2. The summed E-state index contributed by atoms with van der Waals surface area (Å²) in [6, 6.07) is 14.8. The average molecular weight is 532 g/mol. The maximum Gasteiger partial charge on any atom is 0.416 e. The fourth-order valence-corrected chi connectivity index (χ4v) is 4.47. The molecule has 0 radical (unpaired) electrons. The molecule has 0 aliphatic rings. The zero-order valence-electron chi connectivity index (χ0n) is 21.2. The molecule has 6 nitrogen and oxygen atoms in total. The monoisotopic (exact) mass is 531 g/mol. The number of carbonyl (C=O) groups is 1. The quantitative estimate of drug-likeness (QED) is 0.269. The van der Waals surface area contributed by atoms with Gasteiger partial charge in [0.2, 0.25) is 0 Å². The molecule has 2 aromatic carbocycles. The van der Waals surface area contributed by atoms with Gasteiger partial charge in [-0.15, -0.1) is 0 Å². The second-order valence-electron chi connectivity index (χ2n) is 9.35. The molecule has 3 aromatic heterocycles. The highest BCUT2D eigenvalue weighted by Crippen LogP contribution is 2.30. The van der Waals surface area contributed by atoms with Gasteiger partial charge in [0.25, 0.3) is 11.5 Å². The van der Waals surface area contributed by atoms with Crippen LogP contribution in [0.1, 0.15) is 32.7 Å². The molecule has 5 rings (SSSR count). The molecular formula is C30H24F3N3O3. The molecule has 9 heteroatoms. The van der Waals surface area contributed by atoms with Crippen LogP contribution in [0.2, 0.25) is 0 Å². The van der Waals surface area contributed by atoms with Crippen molar-refractivity contribution in [3.05, 3.63) is 118 Å². The Labute approximate surface area is 221 Å². The normalized spacial score (nSPS) is 11.6. The Balaban J connectivity index is 1.44. The topological polar surface area (TPSA) is 77.1 Å².